The molecule has 0 spiro atoms. The molecule has 1 aliphatic heterocycles. The number of hydrogen-bond donors (Lipinski definition) is 1. The molecule has 3 aliphatic carbocycles. The van der Waals surface area contributed by atoms with E-state index in [1.54, 1.807) is 0 Å². The number of aldehydes is 1. The molecule has 0 bridgehead atoms. The Kier molecular flexibility index (Phi) is 4.25. The predicted octanol–water partition coefficient (Wildman–Crippen LogP) is 3.34. The first-order chi connectivity index (χ1) is 11.9. The molecule has 1 N–H and O–H groups in total. The van der Waals surface area contributed by atoms with Crippen LogP contribution in [0, 0.1) is 34.5 Å². The number of fused-ring (bicyclic) bond motifs is 5. The monoisotopic (exact) mass is 347 g/mol. The zero-order chi connectivity index (χ0) is 17.8. The quantitative estimate of drug-likeness (QED) is 0.615. The molecule has 0 aromatic rings. The number of ether oxygens (including phenoxy) is 1. The highest BCUT2D eigenvalue weighted by Gasteiger charge is 2.61. The van der Waals surface area contributed by atoms with Crippen LogP contribution in [-0.2, 0) is 14.3 Å². The van der Waals surface area contributed by atoms with E-state index in [2.05, 4.69) is 19.2 Å². The highest BCUT2D eigenvalue weighted by molar-refractivity contribution is 5.73. The van der Waals surface area contributed by atoms with Crippen LogP contribution in [0.4, 0.5) is 0 Å². The summed E-state index contributed by atoms with van der Waals surface area (Å²) in [5.74, 6) is 2.25. The zero-order valence-electron chi connectivity index (χ0n) is 15.9. The van der Waals surface area contributed by atoms with Crippen LogP contribution in [-0.4, -0.2) is 31.4 Å². The van der Waals surface area contributed by atoms with Gasteiger partial charge >= 0.3 is 5.97 Å². The smallest absolute Gasteiger partial charge is 0.309 e. The number of esters is 1. The summed E-state index contributed by atoms with van der Waals surface area (Å²) in [5, 5.41) is 3.64. The van der Waals surface area contributed by atoms with E-state index in [4.69, 9.17) is 4.74 Å². The minimum absolute atomic E-state index is 0.0107. The average molecular weight is 347 g/mol. The molecule has 3 saturated carbocycles. The van der Waals surface area contributed by atoms with Crippen LogP contribution < -0.4 is 5.32 Å². The fraction of sp³-hybridized carbons (Fsp3) is 0.905. The maximum absolute atomic E-state index is 12.3. The summed E-state index contributed by atoms with van der Waals surface area (Å²) in [7, 11) is 1.54. The molecule has 1 heterocycles. The Bertz CT molecular complexity index is 563. The second kappa shape index (κ2) is 6.07. The van der Waals surface area contributed by atoms with Crippen LogP contribution in [0.5, 0.6) is 0 Å². The Hall–Kier alpha value is -0.900. The van der Waals surface area contributed by atoms with Crippen molar-refractivity contribution >= 4 is 12.3 Å². The molecule has 4 heteroatoms. The molecule has 1 saturated heterocycles. The molecule has 4 aliphatic rings. The molecule has 140 valence electrons. The lowest BCUT2D eigenvalue weighted by molar-refractivity contribution is -0.154. The van der Waals surface area contributed by atoms with Crippen LogP contribution in [0.2, 0.25) is 0 Å². The first-order valence-electron chi connectivity index (χ1n) is 10.2. The van der Waals surface area contributed by atoms with E-state index < -0.39 is 0 Å². The van der Waals surface area contributed by atoms with E-state index in [0.29, 0.717) is 17.4 Å². The van der Waals surface area contributed by atoms with E-state index in [-0.39, 0.29) is 23.3 Å². The highest BCUT2D eigenvalue weighted by Crippen LogP contribution is 2.65. The van der Waals surface area contributed by atoms with Crippen molar-refractivity contribution in [2.75, 3.05) is 7.11 Å². The van der Waals surface area contributed by atoms with Gasteiger partial charge < -0.3 is 14.8 Å². The molecular formula is C21H33NO3. The largest absolute Gasteiger partial charge is 0.469 e. The van der Waals surface area contributed by atoms with Gasteiger partial charge in [-0.2, -0.15) is 0 Å². The molecule has 0 aromatic carbocycles. The third kappa shape index (κ3) is 2.43. The van der Waals surface area contributed by atoms with Crippen LogP contribution >= 0.6 is 0 Å². The highest BCUT2D eigenvalue weighted by atomic mass is 16.5. The molecule has 0 amide bonds. The number of methoxy groups -OCH3 is 1. The SMILES string of the molecule is COC(=O)C1CC[C@H]2[C@@H]3CC[C@H]4NC(C=O)CC[C@]4(C)[C@H]3CC[C@]12C. The van der Waals surface area contributed by atoms with E-state index in [1.165, 1.54) is 39.2 Å². The van der Waals surface area contributed by atoms with E-state index in [0.717, 1.165) is 37.4 Å². The molecule has 4 rings (SSSR count). The molecule has 4 fully saturated rings. The summed E-state index contributed by atoms with van der Waals surface area (Å²) in [5.41, 5.74) is 0.442. The average Bonchev–Trinajstić information content (AvgIpc) is 2.97. The molecule has 0 radical (unpaired) electrons. The number of carbonyl (C=O) groups is 2. The van der Waals surface area contributed by atoms with E-state index in [9.17, 15) is 9.59 Å². The van der Waals surface area contributed by atoms with Gasteiger partial charge in [-0.25, -0.2) is 0 Å². The van der Waals surface area contributed by atoms with Crippen molar-refractivity contribution in [3.8, 4) is 0 Å². The van der Waals surface area contributed by atoms with Gasteiger partial charge in [-0.05, 0) is 80.0 Å². The summed E-state index contributed by atoms with van der Waals surface area (Å²) in [6.45, 7) is 4.83. The topological polar surface area (TPSA) is 55.4 Å². The molecule has 25 heavy (non-hydrogen) atoms. The molecular weight excluding hydrogens is 314 g/mol. The Labute approximate surface area is 151 Å². The van der Waals surface area contributed by atoms with Crippen LogP contribution in [0.1, 0.15) is 65.2 Å². The van der Waals surface area contributed by atoms with Gasteiger partial charge in [0.2, 0.25) is 0 Å². The summed E-state index contributed by atoms with van der Waals surface area (Å²) in [6.07, 6.45) is 10.2. The van der Waals surface area contributed by atoms with Gasteiger partial charge in [-0.3, -0.25) is 4.79 Å². The number of hydrogen-bond acceptors (Lipinski definition) is 4. The lowest BCUT2D eigenvalue weighted by Crippen LogP contribution is -2.62. The molecule has 2 unspecified atom stereocenters. The van der Waals surface area contributed by atoms with Crippen molar-refractivity contribution in [2.24, 2.45) is 34.5 Å². The minimum atomic E-state index is 0.0107. The predicted molar refractivity (Wildman–Crippen MR) is 95.9 cm³/mol. The number of rotatable bonds is 2. The normalized spacial score (nSPS) is 51.8. The third-order valence-electron chi connectivity index (χ3n) is 8.93. The Morgan fingerprint density at radius 2 is 1.72 bits per heavy atom. The lowest BCUT2D eigenvalue weighted by Gasteiger charge is -2.60. The van der Waals surface area contributed by atoms with Crippen molar-refractivity contribution in [1.29, 1.82) is 0 Å². The summed E-state index contributed by atoms with van der Waals surface area (Å²) < 4.78 is 5.13. The molecule has 4 nitrogen and oxygen atoms in total. The summed E-state index contributed by atoms with van der Waals surface area (Å²) in [6, 6.07) is 0.540. The summed E-state index contributed by atoms with van der Waals surface area (Å²) >= 11 is 0. The molecule has 0 aromatic heterocycles. The Morgan fingerprint density at radius 1 is 1.00 bits per heavy atom. The van der Waals surface area contributed by atoms with Crippen LogP contribution in [0.25, 0.3) is 0 Å². The first kappa shape index (κ1) is 17.5. The van der Waals surface area contributed by atoms with Gasteiger partial charge in [0.25, 0.3) is 0 Å². The van der Waals surface area contributed by atoms with Crippen molar-refractivity contribution in [3.63, 3.8) is 0 Å². The zero-order valence-corrected chi connectivity index (χ0v) is 15.9. The van der Waals surface area contributed by atoms with Gasteiger partial charge in [0.15, 0.2) is 0 Å². The third-order valence-corrected chi connectivity index (χ3v) is 8.93. The fourth-order valence-electron chi connectivity index (χ4n) is 7.53. The Balaban J connectivity index is 1.58. The van der Waals surface area contributed by atoms with Gasteiger partial charge in [0, 0.05) is 6.04 Å². The Morgan fingerprint density at radius 3 is 2.44 bits per heavy atom. The minimum Gasteiger partial charge on any atom is -0.469 e. The maximum Gasteiger partial charge on any atom is 0.309 e. The van der Waals surface area contributed by atoms with E-state index >= 15 is 0 Å². The van der Waals surface area contributed by atoms with Crippen LogP contribution in [0.15, 0.2) is 0 Å². The van der Waals surface area contributed by atoms with Gasteiger partial charge in [0.1, 0.15) is 6.29 Å². The van der Waals surface area contributed by atoms with Gasteiger partial charge in [-0.15, -0.1) is 0 Å². The number of nitrogens with one attached hydrogen (secondary N) is 1. The van der Waals surface area contributed by atoms with Crippen LogP contribution in [0.3, 0.4) is 0 Å². The maximum atomic E-state index is 12.3. The fourth-order valence-corrected chi connectivity index (χ4v) is 7.53. The second-order valence-electron chi connectivity index (χ2n) is 9.66. The van der Waals surface area contributed by atoms with Crippen molar-refractivity contribution in [1.82, 2.24) is 5.32 Å². The van der Waals surface area contributed by atoms with Gasteiger partial charge in [0.05, 0.1) is 19.1 Å². The standard InChI is InChI=1S/C21H33NO3/c1-20-11-9-16-14(15(20)5-6-17(20)19(24)25-3)4-7-18-21(16,2)10-8-13(12-23)22-18/h12-18,22H,4-11H2,1-3H3/t13?,14-,15-,16-,17?,18+,20-,21+/m0/s1. The van der Waals surface area contributed by atoms with E-state index in [1.807, 2.05) is 0 Å². The van der Waals surface area contributed by atoms with Crippen molar-refractivity contribution in [3.05, 3.63) is 0 Å². The second-order valence-corrected chi connectivity index (χ2v) is 9.66. The van der Waals surface area contributed by atoms with Gasteiger partial charge in [-0.1, -0.05) is 13.8 Å². The summed E-state index contributed by atoms with van der Waals surface area (Å²) in [4.78, 5) is 23.6. The number of piperidine rings is 1. The first-order valence-corrected chi connectivity index (χ1v) is 10.2. The number of carbonyl (C=O) groups excluding carboxylic acids is 2. The molecule has 8 atom stereocenters. The van der Waals surface area contributed by atoms with Crippen molar-refractivity contribution in [2.45, 2.75) is 77.3 Å². The van der Waals surface area contributed by atoms with Crippen molar-refractivity contribution < 1.29 is 14.3 Å². The lowest BCUT2D eigenvalue weighted by atomic mass is 9.47.